The summed E-state index contributed by atoms with van der Waals surface area (Å²) in [7, 11) is 0. The maximum atomic E-state index is 9.17. The van der Waals surface area contributed by atoms with E-state index in [0.29, 0.717) is 22.4 Å². The number of nitriles is 1. The Morgan fingerprint density at radius 2 is 2.10 bits per heavy atom. The van der Waals surface area contributed by atoms with E-state index in [1.807, 2.05) is 13.8 Å². The highest BCUT2D eigenvalue weighted by Crippen LogP contribution is 2.43. The van der Waals surface area contributed by atoms with Crippen molar-refractivity contribution in [3.05, 3.63) is 4.88 Å². The summed E-state index contributed by atoms with van der Waals surface area (Å²) in [6, 6.07) is 2.61. The van der Waals surface area contributed by atoms with Gasteiger partial charge in [0.05, 0.1) is 6.10 Å². The Kier molecular flexibility index (Phi) is 5.35. The largest absolute Gasteiger partial charge is 0.486 e. The number of hydrogen-bond acceptors (Lipinski definition) is 5. The predicted molar refractivity (Wildman–Crippen MR) is 88.9 cm³/mol. The van der Waals surface area contributed by atoms with Crippen LogP contribution in [-0.2, 0) is 0 Å². The molecule has 0 bridgehead atoms. The van der Waals surface area contributed by atoms with Gasteiger partial charge in [-0.25, -0.2) is 0 Å². The van der Waals surface area contributed by atoms with Gasteiger partial charge in [0.1, 0.15) is 21.6 Å². The van der Waals surface area contributed by atoms with Crippen LogP contribution in [0.15, 0.2) is 0 Å². The standard InChI is InChI=1S/C16H25N3OS/c1-10(2)20-15-14(18)13(9-17)21-16(15)19-12-6-4-5-11(3)7-8-12/h10-12,19H,4-8,18H2,1-3H3. The Morgan fingerprint density at radius 1 is 1.33 bits per heavy atom. The van der Waals surface area contributed by atoms with E-state index in [-0.39, 0.29) is 6.10 Å². The van der Waals surface area contributed by atoms with Gasteiger partial charge >= 0.3 is 0 Å². The molecule has 0 radical (unpaired) electrons. The molecule has 0 saturated heterocycles. The summed E-state index contributed by atoms with van der Waals surface area (Å²) in [5.74, 6) is 1.47. The molecule has 1 saturated carbocycles. The maximum absolute atomic E-state index is 9.17. The maximum Gasteiger partial charge on any atom is 0.178 e. The normalized spacial score (nSPS) is 22.6. The molecule has 1 heterocycles. The third-order valence-electron chi connectivity index (χ3n) is 3.95. The van der Waals surface area contributed by atoms with Crippen LogP contribution in [0.5, 0.6) is 5.75 Å². The number of hydrogen-bond donors (Lipinski definition) is 2. The molecular weight excluding hydrogens is 282 g/mol. The van der Waals surface area contributed by atoms with Crippen LogP contribution in [0.3, 0.4) is 0 Å². The van der Waals surface area contributed by atoms with Gasteiger partial charge in [-0.05, 0) is 39.0 Å². The molecule has 0 spiro atoms. The van der Waals surface area contributed by atoms with E-state index in [2.05, 4.69) is 18.3 Å². The van der Waals surface area contributed by atoms with E-state index in [1.54, 1.807) is 0 Å². The second-order valence-electron chi connectivity index (χ2n) is 6.24. The van der Waals surface area contributed by atoms with Crippen molar-refractivity contribution in [1.82, 2.24) is 0 Å². The van der Waals surface area contributed by atoms with Gasteiger partial charge in [-0.15, -0.1) is 11.3 Å². The summed E-state index contributed by atoms with van der Waals surface area (Å²) < 4.78 is 5.82. The van der Waals surface area contributed by atoms with Crippen LogP contribution in [0.25, 0.3) is 0 Å². The fourth-order valence-corrected chi connectivity index (χ4v) is 3.71. The first-order chi connectivity index (χ1) is 10.0. The molecule has 0 aromatic carbocycles. The number of rotatable bonds is 4. The summed E-state index contributed by atoms with van der Waals surface area (Å²) in [5, 5.41) is 13.7. The van der Waals surface area contributed by atoms with Crippen molar-refractivity contribution >= 4 is 22.0 Å². The van der Waals surface area contributed by atoms with Crippen LogP contribution in [0.1, 0.15) is 57.8 Å². The van der Waals surface area contributed by atoms with Gasteiger partial charge in [-0.2, -0.15) is 5.26 Å². The lowest BCUT2D eigenvalue weighted by atomic mass is 10.0. The predicted octanol–water partition coefficient (Wildman–Crippen LogP) is 4.37. The molecule has 4 nitrogen and oxygen atoms in total. The number of thiophene rings is 1. The summed E-state index contributed by atoms with van der Waals surface area (Å²) in [6.45, 7) is 6.27. The number of ether oxygens (including phenoxy) is 1. The SMILES string of the molecule is CC1CCCC(Nc2sc(C#N)c(N)c2OC(C)C)CC1. The smallest absolute Gasteiger partial charge is 0.178 e. The molecule has 1 aliphatic carbocycles. The molecule has 0 amide bonds. The zero-order valence-corrected chi connectivity index (χ0v) is 13.9. The molecule has 1 aliphatic rings. The lowest BCUT2D eigenvalue weighted by Crippen LogP contribution is -2.18. The lowest BCUT2D eigenvalue weighted by Gasteiger charge is -2.19. The molecule has 1 aromatic heterocycles. The molecule has 2 atom stereocenters. The second kappa shape index (κ2) is 7.04. The van der Waals surface area contributed by atoms with Gasteiger partial charge in [0.2, 0.25) is 0 Å². The monoisotopic (exact) mass is 307 g/mol. The molecule has 116 valence electrons. The lowest BCUT2D eigenvalue weighted by molar-refractivity contribution is 0.245. The van der Waals surface area contributed by atoms with Crippen LogP contribution in [0.4, 0.5) is 10.7 Å². The highest BCUT2D eigenvalue weighted by molar-refractivity contribution is 7.17. The van der Waals surface area contributed by atoms with E-state index in [1.165, 1.54) is 43.4 Å². The molecule has 1 fully saturated rings. The van der Waals surface area contributed by atoms with Gasteiger partial charge in [0.15, 0.2) is 5.75 Å². The van der Waals surface area contributed by atoms with Crippen molar-refractivity contribution in [2.24, 2.45) is 5.92 Å². The fraction of sp³-hybridized carbons (Fsp3) is 0.688. The Balaban J connectivity index is 2.16. The van der Waals surface area contributed by atoms with E-state index in [4.69, 9.17) is 10.5 Å². The number of nitrogens with two attached hydrogens (primary N) is 1. The first-order valence-corrected chi connectivity index (χ1v) is 8.58. The van der Waals surface area contributed by atoms with Crippen molar-refractivity contribution in [2.75, 3.05) is 11.1 Å². The summed E-state index contributed by atoms with van der Waals surface area (Å²) in [6.07, 6.45) is 6.20. The van der Waals surface area contributed by atoms with Gasteiger partial charge in [0, 0.05) is 6.04 Å². The van der Waals surface area contributed by atoms with Crippen LogP contribution >= 0.6 is 11.3 Å². The van der Waals surface area contributed by atoms with Crippen molar-refractivity contribution < 1.29 is 4.74 Å². The Hall–Kier alpha value is -1.41. The van der Waals surface area contributed by atoms with Crippen LogP contribution in [0, 0.1) is 17.2 Å². The van der Waals surface area contributed by atoms with E-state index >= 15 is 0 Å². The minimum Gasteiger partial charge on any atom is -0.486 e. The van der Waals surface area contributed by atoms with Crippen molar-refractivity contribution in [3.63, 3.8) is 0 Å². The Bertz CT molecular complexity index is 518. The van der Waals surface area contributed by atoms with Crippen LogP contribution < -0.4 is 15.8 Å². The molecule has 0 aliphatic heterocycles. The molecule has 3 N–H and O–H groups in total. The molecule has 21 heavy (non-hydrogen) atoms. The van der Waals surface area contributed by atoms with E-state index in [9.17, 15) is 5.26 Å². The Labute approximate surface area is 131 Å². The third kappa shape index (κ3) is 4.04. The second-order valence-corrected chi connectivity index (χ2v) is 7.26. The first kappa shape index (κ1) is 16.0. The Morgan fingerprint density at radius 3 is 2.76 bits per heavy atom. The number of anilines is 2. The van der Waals surface area contributed by atoms with Gasteiger partial charge in [-0.1, -0.05) is 19.8 Å². The van der Waals surface area contributed by atoms with Crippen molar-refractivity contribution in [3.8, 4) is 11.8 Å². The fourth-order valence-electron chi connectivity index (χ4n) is 2.78. The molecular formula is C16H25N3OS. The average molecular weight is 307 g/mol. The average Bonchev–Trinajstić information content (AvgIpc) is 2.60. The third-order valence-corrected chi connectivity index (χ3v) is 4.97. The van der Waals surface area contributed by atoms with E-state index < -0.39 is 0 Å². The molecule has 1 aromatic rings. The highest BCUT2D eigenvalue weighted by atomic mass is 32.1. The van der Waals surface area contributed by atoms with Crippen molar-refractivity contribution in [1.29, 1.82) is 5.26 Å². The van der Waals surface area contributed by atoms with Crippen LogP contribution in [0.2, 0.25) is 0 Å². The summed E-state index contributed by atoms with van der Waals surface area (Å²) in [5.41, 5.74) is 6.52. The molecule has 5 heteroatoms. The minimum atomic E-state index is 0.0446. The van der Waals surface area contributed by atoms with Gasteiger partial charge in [0.25, 0.3) is 0 Å². The zero-order valence-electron chi connectivity index (χ0n) is 13.1. The number of nitrogens with zero attached hydrogens (tertiary/aromatic N) is 1. The molecule has 2 rings (SSSR count). The number of nitrogen functional groups attached to an aromatic ring is 1. The number of nitrogens with one attached hydrogen (secondary N) is 1. The zero-order chi connectivity index (χ0) is 15.4. The topological polar surface area (TPSA) is 71.1 Å². The summed E-state index contributed by atoms with van der Waals surface area (Å²) in [4.78, 5) is 0.537. The highest BCUT2D eigenvalue weighted by Gasteiger charge is 2.22. The molecule has 2 unspecified atom stereocenters. The van der Waals surface area contributed by atoms with Crippen LogP contribution in [-0.4, -0.2) is 12.1 Å². The first-order valence-electron chi connectivity index (χ1n) is 7.76. The van der Waals surface area contributed by atoms with Gasteiger partial charge < -0.3 is 15.8 Å². The quantitative estimate of drug-likeness (QED) is 0.810. The van der Waals surface area contributed by atoms with Gasteiger partial charge in [-0.3, -0.25) is 0 Å². The van der Waals surface area contributed by atoms with E-state index in [0.717, 1.165) is 10.9 Å². The van der Waals surface area contributed by atoms with Crippen molar-refractivity contribution in [2.45, 2.75) is 65.0 Å². The summed E-state index contributed by atoms with van der Waals surface area (Å²) >= 11 is 1.41. The minimum absolute atomic E-state index is 0.0446.